The fourth-order valence-electron chi connectivity index (χ4n) is 2.72. The zero-order valence-electron chi connectivity index (χ0n) is 13.4. The highest BCUT2D eigenvalue weighted by Gasteiger charge is 2.29. The maximum atomic E-state index is 12.7. The quantitative estimate of drug-likeness (QED) is 0.892. The van der Waals surface area contributed by atoms with Crippen LogP contribution >= 0.6 is 12.4 Å². The minimum atomic E-state index is -3.56. The molecule has 1 fully saturated rings. The summed E-state index contributed by atoms with van der Waals surface area (Å²) in [4.78, 5) is 8.56. The predicted molar refractivity (Wildman–Crippen MR) is 95.6 cm³/mol. The average Bonchev–Trinajstić information content (AvgIpc) is 2.62. The monoisotopic (exact) mass is 368 g/mol. The smallest absolute Gasteiger partial charge is 0.246 e. The Morgan fingerprint density at radius 2 is 1.67 bits per heavy atom. The van der Waals surface area contributed by atoms with E-state index in [9.17, 15) is 8.42 Å². The van der Waals surface area contributed by atoms with Crippen LogP contribution in [0, 0.1) is 0 Å². The molecule has 6 nitrogen and oxygen atoms in total. The third-order valence-electron chi connectivity index (χ3n) is 4.16. The molecule has 1 aliphatic rings. The molecule has 0 bridgehead atoms. The molecule has 130 valence electrons. The molecule has 0 amide bonds. The van der Waals surface area contributed by atoms with E-state index in [0.29, 0.717) is 5.82 Å². The summed E-state index contributed by atoms with van der Waals surface area (Å²) in [5.41, 5.74) is 0.864. The van der Waals surface area contributed by atoms with E-state index in [0.717, 1.165) is 31.5 Å². The van der Waals surface area contributed by atoms with Gasteiger partial charge in [-0.15, -0.1) is 12.4 Å². The van der Waals surface area contributed by atoms with Gasteiger partial charge in [-0.05, 0) is 25.9 Å². The van der Waals surface area contributed by atoms with Gasteiger partial charge in [0.15, 0.2) is 5.82 Å². The number of sulfonamides is 1. The zero-order chi connectivity index (χ0) is 16.3. The summed E-state index contributed by atoms with van der Waals surface area (Å²) < 4.78 is 26.9. The van der Waals surface area contributed by atoms with Crippen LogP contribution in [0.3, 0.4) is 0 Å². The Labute approximate surface area is 148 Å². The first-order valence-corrected chi connectivity index (χ1v) is 9.09. The molecule has 1 aromatic carbocycles. The lowest BCUT2D eigenvalue weighted by atomic mass is 10.1. The number of rotatable bonds is 4. The van der Waals surface area contributed by atoms with E-state index in [1.807, 2.05) is 30.3 Å². The average molecular weight is 369 g/mol. The van der Waals surface area contributed by atoms with E-state index in [1.165, 1.54) is 16.7 Å². The lowest BCUT2D eigenvalue weighted by Crippen LogP contribution is -2.43. The van der Waals surface area contributed by atoms with Crippen molar-refractivity contribution in [1.82, 2.24) is 19.6 Å². The van der Waals surface area contributed by atoms with E-state index >= 15 is 0 Å². The standard InChI is InChI=1S/C16H20N4O2S.ClH/c1-20(14-7-9-17-10-8-14)23(21,22)15-11-18-16(19-12-15)13-5-3-2-4-6-13;/h2-6,11-12,14,17H,7-10H2,1H3;1H. The van der Waals surface area contributed by atoms with Crippen molar-refractivity contribution in [3.8, 4) is 11.4 Å². The lowest BCUT2D eigenvalue weighted by molar-refractivity contribution is 0.296. The summed E-state index contributed by atoms with van der Waals surface area (Å²) in [7, 11) is -1.92. The number of halogens is 1. The van der Waals surface area contributed by atoms with Crippen LogP contribution in [0.25, 0.3) is 11.4 Å². The molecule has 2 aromatic rings. The first-order chi connectivity index (χ1) is 11.1. The van der Waals surface area contributed by atoms with Crippen LogP contribution in [0.4, 0.5) is 0 Å². The lowest BCUT2D eigenvalue weighted by Gasteiger charge is -2.30. The third kappa shape index (κ3) is 3.92. The highest BCUT2D eigenvalue weighted by Crippen LogP contribution is 2.21. The van der Waals surface area contributed by atoms with Crippen LogP contribution in [0.1, 0.15) is 12.8 Å². The van der Waals surface area contributed by atoms with Gasteiger partial charge in [-0.2, -0.15) is 4.31 Å². The van der Waals surface area contributed by atoms with Gasteiger partial charge < -0.3 is 5.32 Å². The summed E-state index contributed by atoms with van der Waals surface area (Å²) in [6.07, 6.45) is 4.42. The topological polar surface area (TPSA) is 75.2 Å². The molecule has 0 spiro atoms. The summed E-state index contributed by atoms with van der Waals surface area (Å²) >= 11 is 0. The van der Waals surface area contributed by atoms with Crippen LogP contribution in [0.5, 0.6) is 0 Å². The molecule has 0 saturated carbocycles. The van der Waals surface area contributed by atoms with Crippen molar-refractivity contribution in [2.24, 2.45) is 0 Å². The highest BCUT2D eigenvalue weighted by atomic mass is 35.5. The Kier molecular flexibility index (Phi) is 6.28. The highest BCUT2D eigenvalue weighted by molar-refractivity contribution is 7.89. The molecule has 0 unspecified atom stereocenters. The van der Waals surface area contributed by atoms with Crippen molar-refractivity contribution in [2.75, 3.05) is 20.1 Å². The maximum absolute atomic E-state index is 12.7. The molecule has 0 atom stereocenters. The van der Waals surface area contributed by atoms with Gasteiger partial charge >= 0.3 is 0 Å². The molecular weight excluding hydrogens is 348 g/mol. The molecule has 1 aliphatic heterocycles. The van der Waals surface area contributed by atoms with E-state index in [2.05, 4.69) is 15.3 Å². The molecule has 8 heteroatoms. The Bertz CT molecular complexity index is 747. The summed E-state index contributed by atoms with van der Waals surface area (Å²) in [5.74, 6) is 0.522. The second-order valence-corrected chi connectivity index (χ2v) is 7.61. The van der Waals surface area contributed by atoms with Crippen LogP contribution in [-0.2, 0) is 10.0 Å². The number of piperidine rings is 1. The summed E-state index contributed by atoms with van der Waals surface area (Å²) in [6, 6.07) is 9.52. The van der Waals surface area contributed by atoms with E-state index in [4.69, 9.17) is 0 Å². The maximum Gasteiger partial charge on any atom is 0.246 e. The molecule has 0 aliphatic carbocycles. The molecule has 2 heterocycles. The first kappa shape index (κ1) is 18.8. The summed E-state index contributed by atoms with van der Waals surface area (Å²) in [5, 5.41) is 3.24. The Morgan fingerprint density at radius 3 is 2.25 bits per heavy atom. The normalized spacial score (nSPS) is 15.9. The van der Waals surface area contributed by atoms with Gasteiger partial charge in [0, 0.05) is 18.7 Å². The Morgan fingerprint density at radius 1 is 1.08 bits per heavy atom. The van der Waals surface area contributed by atoms with Gasteiger partial charge in [0.05, 0.1) is 12.4 Å². The van der Waals surface area contributed by atoms with E-state index in [1.54, 1.807) is 7.05 Å². The van der Waals surface area contributed by atoms with Crippen molar-refractivity contribution in [3.63, 3.8) is 0 Å². The molecule has 1 saturated heterocycles. The molecule has 0 radical (unpaired) electrons. The van der Waals surface area contributed by atoms with Gasteiger partial charge in [-0.3, -0.25) is 0 Å². The van der Waals surface area contributed by atoms with E-state index in [-0.39, 0.29) is 23.3 Å². The molecule has 24 heavy (non-hydrogen) atoms. The van der Waals surface area contributed by atoms with Crippen molar-refractivity contribution < 1.29 is 8.42 Å². The molecular formula is C16H21ClN4O2S. The third-order valence-corrected chi connectivity index (χ3v) is 6.02. The molecule has 1 N–H and O–H groups in total. The number of nitrogens with one attached hydrogen (secondary N) is 1. The van der Waals surface area contributed by atoms with Crippen molar-refractivity contribution in [2.45, 2.75) is 23.8 Å². The van der Waals surface area contributed by atoms with Crippen LogP contribution in [0.2, 0.25) is 0 Å². The predicted octanol–water partition coefficient (Wildman–Crippen LogP) is 1.94. The second kappa shape index (κ2) is 8.02. The zero-order valence-corrected chi connectivity index (χ0v) is 15.1. The van der Waals surface area contributed by atoms with Crippen molar-refractivity contribution in [3.05, 3.63) is 42.7 Å². The minimum Gasteiger partial charge on any atom is -0.317 e. The number of hydrogen-bond donors (Lipinski definition) is 1. The van der Waals surface area contributed by atoms with Crippen molar-refractivity contribution in [1.29, 1.82) is 0 Å². The number of aromatic nitrogens is 2. The Hall–Kier alpha value is -1.54. The largest absolute Gasteiger partial charge is 0.317 e. The SMILES string of the molecule is CN(C1CCNCC1)S(=O)(=O)c1cnc(-c2ccccc2)nc1.Cl. The second-order valence-electron chi connectivity index (χ2n) is 5.61. The van der Waals surface area contributed by atoms with E-state index < -0.39 is 10.0 Å². The fraction of sp³-hybridized carbons (Fsp3) is 0.375. The summed E-state index contributed by atoms with van der Waals surface area (Å²) in [6.45, 7) is 1.68. The Balaban J connectivity index is 0.00000208. The number of nitrogens with zero attached hydrogens (tertiary/aromatic N) is 3. The molecule has 3 rings (SSSR count). The van der Waals surface area contributed by atoms with Crippen LogP contribution in [0.15, 0.2) is 47.6 Å². The first-order valence-electron chi connectivity index (χ1n) is 7.65. The minimum absolute atomic E-state index is 0. The van der Waals surface area contributed by atoms with Gasteiger partial charge in [0.25, 0.3) is 0 Å². The number of benzene rings is 1. The van der Waals surface area contributed by atoms with Crippen LogP contribution < -0.4 is 5.32 Å². The van der Waals surface area contributed by atoms with Gasteiger partial charge in [0.2, 0.25) is 10.0 Å². The van der Waals surface area contributed by atoms with Gasteiger partial charge in [-0.1, -0.05) is 30.3 Å². The van der Waals surface area contributed by atoms with Gasteiger partial charge in [0.1, 0.15) is 4.90 Å². The number of hydrogen-bond acceptors (Lipinski definition) is 5. The van der Waals surface area contributed by atoms with Crippen LogP contribution in [-0.4, -0.2) is 48.9 Å². The fourth-order valence-corrected chi connectivity index (χ4v) is 4.03. The van der Waals surface area contributed by atoms with Gasteiger partial charge in [-0.25, -0.2) is 18.4 Å². The molecule has 1 aromatic heterocycles. The van der Waals surface area contributed by atoms with Crippen molar-refractivity contribution >= 4 is 22.4 Å².